The monoisotopic (exact) mass is 233 g/mol. The van der Waals surface area contributed by atoms with Crippen molar-refractivity contribution in [3.63, 3.8) is 0 Å². The lowest BCUT2D eigenvalue weighted by atomic mass is 10.2. The number of nitrogens with zero attached hydrogens (tertiary/aromatic N) is 2. The quantitative estimate of drug-likeness (QED) is 0.599. The lowest BCUT2D eigenvalue weighted by Crippen LogP contribution is -2.03. The zero-order valence-corrected chi connectivity index (χ0v) is 8.45. The fourth-order valence-electron chi connectivity index (χ4n) is 0.902. The minimum absolute atomic E-state index is 0. The first kappa shape index (κ1) is 13.1. The number of nitrogens with one attached hydrogen (secondary N) is 1. The van der Waals surface area contributed by atoms with Gasteiger partial charge in [0.2, 0.25) is 5.82 Å². The molecule has 1 rings (SSSR count). The van der Waals surface area contributed by atoms with Crippen molar-refractivity contribution in [3.05, 3.63) is 27.9 Å². The third-order valence-electron chi connectivity index (χ3n) is 1.55. The number of hydrogen-bond donors (Lipinski definition) is 2. The molecule has 0 aliphatic carbocycles. The molecule has 0 atom stereocenters. The van der Waals surface area contributed by atoms with Gasteiger partial charge in [-0.05, 0) is 0 Å². The van der Waals surface area contributed by atoms with Gasteiger partial charge in [0.1, 0.15) is 0 Å². The summed E-state index contributed by atoms with van der Waals surface area (Å²) >= 11 is 0. The molecule has 0 amide bonds. The molecule has 0 fully saturated rings. The van der Waals surface area contributed by atoms with Gasteiger partial charge in [-0.15, -0.1) is 12.4 Å². The number of carbonyl (C=O) groups is 1. The molecule has 1 heterocycles. The van der Waals surface area contributed by atoms with Crippen molar-refractivity contribution in [2.45, 2.75) is 0 Å². The van der Waals surface area contributed by atoms with Crippen molar-refractivity contribution in [2.24, 2.45) is 0 Å². The van der Waals surface area contributed by atoms with Gasteiger partial charge < -0.3 is 10.4 Å². The third kappa shape index (κ3) is 2.78. The summed E-state index contributed by atoms with van der Waals surface area (Å²) < 4.78 is 0. The number of aromatic carboxylic acids is 1. The molecule has 82 valence electrons. The zero-order chi connectivity index (χ0) is 10.7. The summed E-state index contributed by atoms with van der Waals surface area (Å²) in [5.41, 5.74) is -0.567. The number of carboxylic acid groups (broad SMARTS) is 1. The molecule has 1 aromatic heterocycles. The van der Waals surface area contributed by atoms with Crippen molar-refractivity contribution in [2.75, 3.05) is 12.4 Å². The van der Waals surface area contributed by atoms with E-state index < -0.39 is 10.9 Å². The van der Waals surface area contributed by atoms with Gasteiger partial charge in [-0.1, -0.05) is 0 Å². The lowest BCUT2D eigenvalue weighted by molar-refractivity contribution is -0.384. The zero-order valence-electron chi connectivity index (χ0n) is 7.63. The Morgan fingerprint density at radius 3 is 2.67 bits per heavy atom. The summed E-state index contributed by atoms with van der Waals surface area (Å²) in [6, 6.07) is 0.959. The predicted octanol–water partition coefficient (Wildman–Crippen LogP) is 1.15. The number of rotatable bonds is 3. The molecule has 7 nitrogen and oxygen atoms in total. The number of anilines is 1. The lowest BCUT2D eigenvalue weighted by Gasteiger charge is -2.00. The van der Waals surface area contributed by atoms with Gasteiger partial charge in [0, 0.05) is 19.3 Å². The molecular weight excluding hydrogens is 226 g/mol. The molecule has 15 heavy (non-hydrogen) atoms. The fourth-order valence-corrected chi connectivity index (χ4v) is 0.902. The number of aromatic nitrogens is 1. The van der Waals surface area contributed by atoms with Crippen LogP contribution in [0.25, 0.3) is 0 Å². The van der Waals surface area contributed by atoms with E-state index in [2.05, 4.69) is 10.3 Å². The Morgan fingerprint density at radius 2 is 2.27 bits per heavy atom. The number of hydrogen-bond acceptors (Lipinski definition) is 5. The van der Waals surface area contributed by atoms with Crippen LogP contribution in [0.5, 0.6) is 0 Å². The summed E-state index contributed by atoms with van der Waals surface area (Å²) in [7, 11) is 1.47. The van der Waals surface area contributed by atoms with E-state index in [0.29, 0.717) is 0 Å². The number of nitro groups is 1. The van der Waals surface area contributed by atoms with Crippen LogP contribution >= 0.6 is 12.4 Å². The van der Waals surface area contributed by atoms with Crippen LogP contribution in [0.2, 0.25) is 0 Å². The van der Waals surface area contributed by atoms with Crippen LogP contribution in [0, 0.1) is 10.1 Å². The Morgan fingerprint density at radius 1 is 1.67 bits per heavy atom. The van der Waals surface area contributed by atoms with Gasteiger partial charge in [0.05, 0.1) is 10.5 Å². The number of carboxylic acids is 1. The van der Waals surface area contributed by atoms with Gasteiger partial charge in [0.25, 0.3) is 0 Å². The third-order valence-corrected chi connectivity index (χ3v) is 1.55. The smallest absolute Gasteiger partial charge is 0.337 e. The Bertz CT molecular complexity index is 396. The van der Waals surface area contributed by atoms with Crippen molar-refractivity contribution in [1.29, 1.82) is 0 Å². The largest absolute Gasteiger partial charge is 0.478 e. The Balaban J connectivity index is 0.00000196. The van der Waals surface area contributed by atoms with Gasteiger partial charge in [-0.3, -0.25) is 10.1 Å². The fraction of sp³-hybridized carbons (Fsp3) is 0.143. The second kappa shape index (κ2) is 5.11. The minimum atomic E-state index is -1.25. The Hall–Kier alpha value is -1.89. The van der Waals surface area contributed by atoms with E-state index in [4.69, 9.17) is 5.11 Å². The summed E-state index contributed by atoms with van der Waals surface area (Å²) in [5, 5.41) is 21.6. The highest BCUT2D eigenvalue weighted by Gasteiger charge is 2.17. The van der Waals surface area contributed by atoms with Gasteiger partial charge >= 0.3 is 11.7 Å². The molecule has 1 aromatic rings. The van der Waals surface area contributed by atoms with Crippen LogP contribution in [-0.2, 0) is 0 Å². The standard InChI is InChI=1S/C7H7N3O4.ClH/c1-8-6-5(10(13)14)2-4(3-9-6)7(11)12;/h2-3H,1H3,(H,8,9)(H,11,12);1H. The van der Waals surface area contributed by atoms with Crippen LogP contribution in [0.3, 0.4) is 0 Å². The number of halogens is 1. The van der Waals surface area contributed by atoms with E-state index in [1.54, 1.807) is 0 Å². The molecule has 0 radical (unpaired) electrons. The second-order valence-corrected chi connectivity index (χ2v) is 2.40. The molecule has 0 unspecified atom stereocenters. The maximum Gasteiger partial charge on any atom is 0.337 e. The van der Waals surface area contributed by atoms with Crippen LogP contribution in [-0.4, -0.2) is 28.0 Å². The van der Waals surface area contributed by atoms with Crippen LogP contribution in [0.15, 0.2) is 12.3 Å². The molecule has 0 saturated heterocycles. The van der Waals surface area contributed by atoms with Crippen LogP contribution < -0.4 is 5.32 Å². The average Bonchev–Trinajstić information content (AvgIpc) is 2.16. The van der Waals surface area contributed by atoms with Gasteiger partial charge in [-0.2, -0.15) is 0 Å². The second-order valence-electron chi connectivity index (χ2n) is 2.40. The molecule has 0 aromatic carbocycles. The SMILES string of the molecule is CNc1ncc(C(=O)O)cc1[N+](=O)[O-].Cl. The van der Waals surface area contributed by atoms with E-state index in [-0.39, 0.29) is 29.5 Å². The van der Waals surface area contributed by atoms with E-state index in [1.165, 1.54) is 7.05 Å². The topological polar surface area (TPSA) is 105 Å². The van der Waals surface area contributed by atoms with Crippen LogP contribution in [0.1, 0.15) is 10.4 Å². The molecule has 0 aliphatic heterocycles. The van der Waals surface area contributed by atoms with E-state index in [0.717, 1.165) is 12.3 Å². The molecule has 0 saturated carbocycles. The normalized spacial score (nSPS) is 8.87. The summed E-state index contributed by atoms with van der Waals surface area (Å²) in [6.07, 6.45) is 1.06. The number of pyridine rings is 1. The maximum absolute atomic E-state index is 10.5. The van der Waals surface area contributed by atoms with E-state index in [1.807, 2.05) is 0 Å². The Labute approximate surface area is 90.7 Å². The summed E-state index contributed by atoms with van der Waals surface area (Å²) in [5.74, 6) is -1.21. The highest BCUT2D eigenvalue weighted by Crippen LogP contribution is 2.21. The van der Waals surface area contributed by atoms with Crippen LogP contribution in [0.4, 0.5) is 11.5 Å². The van der Waals surface area contributed by atoms with Crippen molar-refractivity contribution in [3.8, 4) is 0 Å². The predicted molar refractivity (Wildman–Crippen MR) is 54.6 cm³/mol. The van der Waals surface area contributed by atoms with Gasteiger partial charge in [0.15, 0.2) is 0 Å². The summed E-state index contributed by atoms with van der Waals surface area (Å²) in [4.78, 5) is 23.9. The van der Waals surface area contributed by atoms with Gasteiger partial charge in [-0.25, -0.2) is 9.78 Å². The highest BCUT2D eigenvalue weighted by molar-refractivity contribution is 5.88. The molecule has 2 N–H and O–H groups in total. The molecule has 8 heteroatoms. The first-order valence-electron chi connectivity index (χ1n) is 3.61. The van der Waals surface area contributed by atoms with Crippen molar-refractivity contribution < 1.29 is 14.8 Å². The summed E-state index contributed by atoms with van der Waals surface area (Å²) in [6.45, 7) is 0. The first-order valence-corrected chi connectivity index (χ1v) is 3.61. The molecular formula is C7H8ClN3O4. The molecule has 0 bridgehead atoms. The van der Waals surface area contributed by atoms with Crippen molar-refractivity contribution >= 4 is 29.9 Å². The molecule has 0 aliphatic rings. The molecule has 0 spiro atoms. The maximum atomic E-state index is 10.5. The van der Waals surface area contributed by atoms with E-state index >= 15 is 0 Å². The minimum Gasteiger partial charge on any atom is -0.478 e. The van der Waals surface area contributed by atoms with Crippen molar-refractivity contribution in [1.82, 2.24) is 4.98 Å². The average molecular weight is 234 g/mol. The Kier molecular flexibility index (Phi) is 4.46. The highest BCUT2D eigenvalue weighted by atomic mass is 35.5. The first-order chi connectivity index (χ1) is 6.56. The van der Waals surface area contributed by atoms with E-state index in [9.17, 15) is 14.9 Å².